The van der Waals surface area contributed by atoms with Crippen LogP contribution in [-0.2, 0) is 14.3 Å². The van der Waals surface area contributed by atoms with Gasteiger partial charge in [-0.3, -0.25) is 4.79 Å². The smallest absolute Gasteiger partial charge is 0.338 e. The van der Waals surface area contributed by atoms with Crippen LogP contribution < -0.4 is 5.32 Å². The first kappa shape index (κ1) is 18.6. The largest absolute Gasteiger partial charge is 0.452 e. The third-order valence-electron chi connectivity index (χ3n) is 4.13. The number of rotatable bonds is 6. The SMILES string of the molecule is O=C(COC(=O)c1ccc(C2SCCCS2)cc1)NC[C@@H]1CCCO1. The van der Waals surface area contributed by atoms with Gasteiger partial charge in [0.05, 0.1) is 16.2 Å². The number of ether oxygens (including phenoxy) is 2. The van der Waals surface area contributed by atoms with E-state index in [9.17, 15) is 9.59 Å². The highest BCUT2D eigenvalue weighted by molar-refractivity contribution is 8.16. The van der Waals surface area contributed by atoms with Crippen LogP contribution in [0, 0.1) is 0 Å². The molecule has 0 aliphatic carbocycles. The molecule has 1 aromatic rings. The molecule has 25 heavy (non-hydrogen) atoms. The van der Waals surface area contributed by atoms with Gasteiger partial charge < -0.3 is 14.8 Å². The summed E-state index contributed by atoms with van der Waals surface area (Å²) in [7, 11) is 0. The average molecular weight is 382 g/mol. The molecule has 2 fully saturated rings. The van der Waals surface area contributed by atoms with E-state index < -0.39 is 5.97 Å². The van der Waals surface area contributed by atoms with E-state index in [0.717, 1.165) is 19.4 Å². The van der Waals surface area contributed by atoms with Crippen LogP contribution in [0.4, 0.5) is 0 Å². The summed E-state index contributed by atoms with van der Waals surface area (Å²) in [6, 6.07) is 7.50. The maximum atomic E-state index is 12.1. The van der Waals surface area contributed by atoms with Crippen LogP contribution in [0.5, 0.6) is 0 Å². The Morgan fingerprint density at radius 1 is 1.16 bits per heavy atom. The van der Waals surface area contributed by atoms with Gasteiger partial charge in [0.15, 0.2) is 6.61 Å². The van der Waals surface area contributed by atoms with E-state index in [1.165, 1.54) is 23.5 Å². The normalized spacial score (nSPS) is 21.0. The second-order valence-electron chi connectivity index (χ2n) is 6.06. The predicted molar refractivity (Wildman–Crippen MR) is 101 cm³/mol. The van der Waals surface area contributed by atoms with Crippen molar-refractivity contribution in [2.75, 3.05) is 31.3 Å². The van der Waals surface area contributed by atoms with Gasteiger partial charge in [-0.05, 0) is 48.5 Å². The summed E-state index contributed by atoms with van der Waals surface area (Å²) in [5.41, 5.74) is 1.70. The number of esters is 1. The molecule has 0 radical (unpaired) electrons. The molecule has 0 saturated carbocycles. The van der Waals surface area contributed by atoms with E-state index in [4.69, 9.17) is 9.47 Å². The fourth-order valence-electron chi connectivity index (χ4n) is 2.76. The summed E-state index contributed by atoms with van der Waals surface area (Å²) in [5, 5.41) is 2.74. The van der Waals surface area contributed by atoms with Crippen LogP contribution in [0.3, 0.4) is 0 Å². The third kappa shape index (κ3) is 5.66. The molecule has 1 atom stereocenters. The van der Waals surface area contributed by atoms with Crippen molar-refractivity contribution in [3.63, 3.8) is 0 Å². The Bertz CT molecular complexity index is 581. The number of carbonyl (C=O) groups excluding carboxylic acids is 2. The van der Waals surface area contributed by atoms with E-state index >= 15 is 0 Å². The quantitative estimate of drug-likeness (QED) is 0.764. The number of amides is 1. The first-order valence-corrected chi connectivity index (χ1v) is 10.7. The van der Waals surface area contributed by atoms with Crippen molar-refractivity contribution in [2.45, 2.75) is 29.9 Å². The summed E-state index contributed by atoms with van der Waals surface area (Å²) in [6.07, 6.45) is 3.33. The van der Waals surface area contributed by atoms with Gasteiger partial charge in [0.25, 0.3) is 5.91 Å². The van der Waals surface area contributed by atoms with Crippen molar-refractivity contribution >= 4 is 35.4 Å². The van der Waals surface area contributed by atoms with E-state index in [1.54, 1.807) is 12.1 Å². The maximum Gasteiger partial charge on any atom is 0.338 e. The van der Waals surface area contributed by atoms with Crippen molar-refractivity contribution in [1.82, 2.24) is 5.32 Å². The summed E-state index contributed by atoms with van der Waals surface area (Å²) in [6.45, 7) is 0.965. The molecule has 0 bridgehead atoms. The molecular weight excluding hydrogens is 358 g/mol. The molecule has 2 saturated heterocycles. The van der Waals surface area contributed by atoms with Crippen molar-refractivity contribution in [3.05, 3.63) is 35.4 Å². The standard InChI is InChI=1S/C18H23NO4S2/c20-16(19-11-15-3-1-8-22-15)12-23-17(21)13-4-6-14(7-5-13)18-24-9-2-10-25-18/h4-7,15,18H,1-3,8-12H2,(H,19,20)/t15-/m0/s1. The maximum absolute atomic E-state index is 12.1. The Labute approximate surface area is 156 Å². The van der Waals surface area contributed by atoms with Gasteiger partial charge in [-0.1, -0.05) is 12.1 Å². The van der Waals surface area contributed by atoms with Crippen LogP contribution >= 0.6 is 23.5 Å². The van der Waals surface area contributed by atoms with Crippen LogP contribution in [0.25, 0.3) is 0 Å². The number of carbonyl (C=O) groups is 2. The average Bonchev–Trinajstić information content (AvgIpc) is 3.19. The number of hydrogen-bond donors (Lipinski definition) is 1. The van der Waals surface area contributed by atoms with E-state index in [2.05, 4.69) is 5.32 Å². The third-order valence-corrected chi connectivity index (χ3v) is 7.15. The Kier molecular flexibility index (Phi) is 7.07. The monoisotopic (exact) mass is 381 g/mol. The molecule has 0 unspecified atom stereocenters. The minimum Gasteiger partial charge on any atom is -0.452 e. The molecule has 2 heterocycles. The Hall–Kier alpha value is -1.18. The summed E-state index contributed by atoms with van der Waals surface area (Å²) in [5.74, 6) is 1.60. The number of hydrogen-bond acceptors (Lipinski definition) is 6. The van der Waals surface area contributed by atoms with Crippen molar-refractivity contribution in [2.24, 2.45) is 0 Å². The molecule has 7 heteroatoms. The van der Waals surface area contributed by atoms with E-state index in [-0.39, 0.29) is 18.6 Å². The van der Waals surface area contributed by atoms with Crippen LogP contribution in [0.15, 0.2) is 24.3 Å². The summed E-state index contributed by atoms with van der Waals surface area (Å²) in [4.78, 5) is 23.8. The molecular formula is C18H23NO4S2. The van der Waals surface area contributed by atoms with Crippen molar-refractivity contribution in [1.29, 1.82) is 0 Å². The zero-order chi connectivity index (χ0) is 17.5. The van der Waals surface area contributed by atoms with Crippen LogP contribution in [-0.4, -0.2) is 49.2 Å². The molecule has 1 amide bonds. The Morgan fingerprint density at radius 3 is 2.60 bits per heavy atom. The minimum absolute atomic E-state index is 0.0859. The highest BCUT2D eigenvalue weighted by Crippen LogP contribution is 2.43. The van der Waals surface area contributed by atoms with Gasteiger partial charge in [0.1, 0.15) is 0 Å². The van der Waals surface area contributed by atoms with Gasteiger partial charge in [0, 0.05) is 13.2 Å². The molecule has 5 nitrogen and oxygen atoms in total. The van der Waals surface area contributed by atoms with Crippen LogP contribution in [0.2, 0.25) is 0 Å². The molecule has 0 aromatic heterocycles. The first-order chi connectivity index (χ1) is 12.2. The lowest BCUT2D eigenvalue weighted by Crippen LogP contribution is -2.34. The molecule has 1 N–H and O–H groups in total. The highest BCUT2D eigenvalue weighted by atomic mass is 32.2. The van der Waals surface area contributed by atoms with Crippen LogP contribution in [0.1, 0.15) is 39.8 Å². The topological polar surface area (TPSA) is 64.6 Å². The summed E-state index contributed by atoms with van der Waals surface area (Å²) >= 11 is 3.89. The molecule has 2 aliphatic heterocycles. The lowest BCUT2D eigenvalue weighted by atomic mass is 10.1. The second-order valence-corrected chi connectivity index (χ2v) is 8.79. The number of thioether (sulfide) groups is 2. The molecule has 0 spiro atoms. The second kappa shape index (κ2) is 9.50. The molecule has 136 valence electrons. The van der Waals surface area contributed by atoms with Gasteiger partial charge >= 0.3 is 5.97 Å². The van der Waals surface area contributed by atoms with E-state index in [0.29, 0.717) is 16.7 Å². The van der Waals surface area contributed by atoms with Gasteiger partial charge in [-0.25, -0.2) is 4.79 Å². The van der Waals surface area contributed by atoms with Crippen molar-refractivity contribution in [3.8, 4) is 0 Å². The van der Waals surface area contributed by atoms with Gasteiger partial charge in [-0.15, -0.1) is 23.5 Å². The van der Waals surface area contributed by atoms with Gasteiger partial charge in [0.2, 0.25) is 0 Å². The zero-order valence-electron chi connectivity index (χ0n) is 14.1. The molecule has 2 aliphatic rings. The lowest BCUT2D eigenvalue weighted by Gasteiger charge is -2.21. The fraction of sp³-hybridized carbons (Fsp3) is 0.556. The fourth-order valence-corrected chi connectivity index (χ4v) is 5.65. The summed E-state index contributed by atoms with van der Waals surface area (Å²) < 4.78 is 11.0. The Morgan fingerprint density at radius 2 is 1.92 bits per heavy atom. The zero-order valence-corrected chi connectivity index (χ0v) is 15.7. The van der Waals surface area contributed by atoms with E-state index in [1.807, 2.05) is 35.7 Å². The Balaban J connectivity index is 1.42. The minimum atomic E-state index is -0.470. The molecule has 3 rings (SSSR count). The number of benzene rings is 1. The predicted octanol–water partition coefficient (Wildman–Crippen LogP) is 3.01. The molecule has 1 aromatic carbocycles. The first-order valence-electron chi connectivity index (χ1n) is 8.61. The lowest BCUT2D eigenvalue weighted by molar-refractivity contribution is -0.124. The highest BCUT2D eigenvalue weighted by Gasteiger charge is 2.18. The van der Waals surface area contributed by atoms with Gasteiger partial charge in [-0.2, -0.15) is 0 Å². The number of nitrogens with one attached hydrogen (secondary N) is 1. The van der Waals surface area contributed by atoms with Crippen molar-refractivity contribution < 1.29 is 19.1 Å².